The summed E-state index contributed by atoms with van der Waals surface area (Å²) in [5.41, 5.74) is 1.37. The quantitative estimate of drug-likeness (QED) is 0.707. The molecule has 0 unspecified atom stereocenters. The molecule has 0 aliphatic carbocycles. The summed E-state index contributed by atoms with van der Waals surface area (Å²) in [5, 5.41) is 5.99. The second kappa shape index (κ2) is 10.0. The predicted octanol–water partition coefficient (Wildman–Crippen LogP) is 2.12. The zero-order chi connectivity index (χ0) is 18.1. The highest BCUT2D eigenvalue weighted by molar-refractivity contribution is 5.95. The van der Waals surface area contributed by atoms with E-state index in [1.54, 1.807) is 19.2 Å². The van der Waals surface area contributed by atoms with Crippen LogP contribution in [-0.4, -0.2) is 56.6 Å². The second-order valence-electron chi connectivity index (χ2n) is 6.60. The van der Waals surface area contributed by atoms with E-state index >= 15 is 0 Å². The van der Waals surface area contributed by atoms with Crippen molar-refractivity contribution in [1.29, 1.82) is 0 Å². The standard InChI is InChI=1S/C19H29N3O3/c1-15-7-10-22(11-8-15)18(23)14-21-17-6-3-5-16(13-17)19(24)20-9-4-12-25-2/h3,5-6,13,15,21H,4,7-12,14H2,1-2H3,(H,20,24). The highest BCUT2D eigenvalue weighted by Crippen LogP contribution is 2.16. The summed E-state index contributed by atoms with van der Waals surface area (Å²) in [7, 11) is 1.64. The zero-order valence-electron chi connectivity index (χ0n) is 15.2. The maximum Gasteiger partial charge on any atom is 0.251 e. The Morgan fingerprint density at radius 3 is 2.76 bits per heavy atom. The molecule has 1 aliphatic rings. The van der Waals surface area contributed by atoms with Gasteiger partial charge >= 0.3 is 0 Å². The Balaban J connectivity index is 1.80. The molecule has 0 aromatic heterocycles. The number of nitrogens with zero attached hydrogens (tertiary/aromatic N) is 1. The molecule has 2 N–H and O–H groups in total. The summed E-state index contributed by atoms with van der Waals surface area (Å²) in [6, 6.07) is 7.23. The first kappa shape index (κ1) is 19.2. The number of carbonyl (C=O) groups is 2. The van der Waals surface area contributed by atoms with Crippen molar-refractivity contribution in [3.63, 3.8) is 0 Å². The molecule has 138 valence electrons. The van der Waals surface area contributed by atoms with Crippen molar-refractivity contribution >= 4 is 17.5 Å². The van der Waals surface area contributed by atoms with E-state index in [0.29, 0.717) is 24.6 Å². The van der Waals surface area contributed by atoms with E-state index in [1.807, 2.05) is 17.0 Å². The van der Waals surface area contributed by atoms with Crippen molar-refractivity contribution in [2.75, 3.05) is 45.2 Å². The molecule has 6 heteroatoms. The van der Waals surface area contributed by atoms with Gasteiger partial charge in [0, 0.05) is 44.6 Å². The van der Waals surface area contributed by atoms with E-state index in [0.717, 1.165) is 38.0 Å². The number of hydrogen-bond acceptors (Lipinski definition) is 4. The Bertz CT molecular complexity index is 569. The summed E-state index contributed by atoms with van der Waals surface area (Å²) in [6.45, 7) is 5.37. The molecular formula is C19H29N3O3. The molecule has 25 heavy (non-hydrogen) atoms. The summed E-state index contributed by atoms with van der Waals surface area (Å²) >= 11 is 0. The van der Waals surface area contributed by atoms with E-state index in [4.69, 9.17) is 4.74 Å². The minimum Gasteiger partial charge on any atom is -0.385 e. The molecule has 1 aromatic rings. The van der Waals surface area contributed by atoms with E-state index in [-0.39, 0.29) is 18.4 Å². The lowest BCUT2D eigenvalue weighted by Gasteiger charge is -2.30. The number of piperidine rings is 1. The summed E-state index contributed by atoms with van der Waals surface area (Å²) < 4.78 is 4.96. The van der Waals surface area contributed by atoms with Crippen LogP contribution in [0.1, 0.15) is 36.5 Å². The Morgan fingerprint density at radius 2 is 2.04 bits per heavy atom. The van der Waals surface area contributed by atoms with E-state index in [9.17, 15) is 9.59 Å². The molecule has 0 spiro atoms. The summed E-state index contributed by atoms with van der Waals surface area (Å²) in [4.78, 5) is 26.3. The van der Waals surface area contributed by atoms with Gasteiger partial charge in [-0.15, -0.1) is 0 Å². The molecule has 6 nitrogen and oxygen atoms in total. The monoisotopic (exact) mass is 347 g/mol. The number of benzene rings is 1. The molecule has 1 aromatic carbocycles. The van der Waals surface area contributed by atoms with Gasteiger partial charge in [0.1, 0.15) is 0 Å². The lowest BCUT2D eigenvalue weighted by atomic mass is 9.99. The number of anilines is 1. The third-order valence-electron chi connectivity index (χ3n) is 4.52. The maximum absolute atomic E-state index is 12.3. The highest BCUT2D eigenvalue weighted by Gasteiger charge is 2.19. The largest absolute Gasteiger partial charge is 0.385 e. The number of likely N-dealkylation sites (tertiary alicyclic amines) is 1. The van der Waals surface area contributed by atoms with E-state index < -0.39 is 0 Å². The summed E-state index contributed by atoms with van der Waals surface area (Å²) in [5.74, 6) is 0.702. The molecular weight excluding hydrogens is 318 g/mol. The first-order valence-corrected chi connectivity index (χ1v) is 8.99. The SMILES string of the molecule is COCCCNC(=O)c1cccc(NCC(=O)N2CCC(C)CC2)c1. The minimum absolute atomic E-state index is 0.112. The van der Waals surface area contributed by atoms with Gasteiger partial charge in [-0.25, -0.2) is 0 Å². The van der Waals surface area contributed by atoms with Gasteiger partial charge in [-0.2, -0.15) is 0 Å². The average Bonchev–Trinajstić information content (AvgIpc) is 2.64. The number of hydrogen-bond donors (Lipinski definition) is 2. The van der Waals surface area contributed by atoms with Gasteiger partial charge in [0.15, 0.2) is 0 Å². The molecule has 1 aliphatic heterocycles. The Kier molecular flexibility index (Phi) is 7.73. The van der Waals surface area contributed by atoms with Crippen molar-refractivity contribution in [2.45, 2.75) is 26.2 Å². The lowest BCUT2D eigenvalue weighted by molar-refractivity contribution is -0.130. The van der Waals surface area contributed by atoms with E-state index in [2.05, 4.69) is 17.6 Å². The molecule has 0 atom stereocenters. The first-order chi connectivity index (χ1) is 12.1. The van der Waals surface area contributed by atoms with Crippen LogP contribution >= 0.6 is 0 Å². The lowest BCUT2D eigenvalue weighted by Crippen LogP contribution is -2.40. The third-order valence-corrected chi connectivity index (χ3v) is 4.52. The molecule has 0 radical (unpaired) electrons. The fraction of sp³-hybridized carbons (Fsp3) is 0.579. The van der Waals surface area contributed by atoms with Crippen molar-refractivity contribution in [1.82, 2.24) is 10.2 Å². The normalized spacial score (nSPS) is 15.0. The molecule has 2 rings (SSSR count). The molecule has 1 fully saturated rings. The van der Waals surface area contributed by atoms with Gasteiger partial charge < -0.3 is 20.3 Å². The van der Waals surface area contributed by atoms with Gasteiger partial charge in [0.25, 0.3) is 5.91 Å². The van der Waals surface area contributed by atoms with Crippen molar-refractivity contribution in [3.8, 4) is 0 Å². The average molecular weight is 347 g/mol. The van der Waals surface area contributed by atoms with Gasteiger partial charge in [0.05, 0.1) is 6.54 Å². The van der Waals surface area contributed by atoms with Crippen LogP contribution in [0.4, 0.5) is 5.69 Å². The molecule has 1 saturated heterocycles. The molecule has 0 saturated carbocycles. The topological polar surface area (TPSA) is 70.7 Å². The van der Waals surface area contributed by atoms with Crippen molar-refractivity contribution < 1.29 is 14.3 Å². The Labute approximate surface area is 149 Å². The Hall–Kier alpha value is -2.08. The van der Waals surface area contributed by atoms with Gasteiger partial charge in [-0.3, -0.25) is 9.59 Å². The third kappa shape index (κ3) is 6.38. The fourth-order valence-corrected chi connectivity index (χ4v) is 2.84. The highest BCUT2D eigenvalue weighted by atomic mass is 16.5. The van der Waals surface area contributed by atoms with Crippen LogP contribution in [0, 0.1) is 5.92 Å². The number of amides is 2. The van der Waals surface area contributed by atoms with Crippen LogP contribution in [0.15, 0.2) is 24.3 Å². The second-order valence-corrected chi connectivity index (χ2v) is 6.60. The van der Waals surface area contributed by atoms with Crippen LogP contribution < -0.4 is 10.6 Å². The van der Waals surface area contributed by atoms with Crippen LogP contribution in [0.3, 0.4) is 0 Å². The van der Waals surface area contributed by atoms with Crippen LogP contribution in [0.25, 0.3) is 0 Å². The molecule has 1 heterocycles. The van der Waals surface area contributed by atoms with Gasteiger partial charge in [0.2, 0.25) is 5.91 Å². The zero-order valence-corrected chi connectivity index (χ0v) is 15.2. The van der Waals surface area contributed by atoms with Crippen LogP contribution in [-0.2, 0) is 9.53 Å². The van der Waals surface area contributed by atoms with Gasteiger partial charge in [-0.1, -0.05) is 13.0 Å². The van der Waals surface area contributed by atoms with Crippen molar-refractivity contribution in [2.24, 2.45) is 5.92 Å². The number of ether oxygens (including phenoxy) is 1. The predicted molar refractivity (Wildman–Crippen MR) is 98.7 cm³/mol. The Morgan fingerprint density at radius 1 is 1.28 bits per heavy atom. The van der Waals surface area contributed by atoms with Gasteiger partial charge in [-0.05, 0) is 43.4 Å². The smallest absolute Gasteiger partial charge is 0.251 e. The van der Waals surface area contributed by atoms with Crippen LogP contribution in [0.2, 0.25) is 0 Å². The number of rotatable bonds is 8. The summed E-state index contributed by atoms with van der Waals surface area (Å²) in [6.07, 6.45) is 2.93. The minimum atomic E-state index is -0.115. The number of methoxy groups -OCH3 is 1. The maximum atomic E-state index is 12.3. The molecule has 2 amide bonds. The van der Waals surface area contributed by atoms with Crippen molar-refractivity contribution in [3.05, 3.63) is 29.8 Å². The number of nitrogens with one attached hydrogen (secondary N) is 2. The fourth-order valence-electron chi connectivity index (χ4n) is 2.84. The number of carbonyl (C=O) groups excluding carboxylic acids is 2. The first-order valence-electron chi connectivity index (χ1n) is 8.99. The molecule has 0 bridgehead atoms. The van der Waals surface area contributed by atoms with Crippen LogP contribution in [0.5, 0.6) is 0 Å². The van der Waals surface area contributed by atoms with E-state index in [1.165, 1.54) is 0 Å².